The van der Waals surface area contributed by atoms with Gasteiger partial charge in [-0.1, -0.05) is 11.6 Å². The predicted molar refractivity (Wildman–Crippen MR) is 75.2 cm³/mol. The molecule has 0 aliphatic rings. The topological polar surface area (TPSA) is 38.0 Å². The normalized spacial score (nSPS) is 10.4. The van der Waals surface area contributed by atoms with Gasteiger partial charge in [0.25, 0.3) is 0 Å². The first kappa shape index (κ1) is 11.8. The van der Waals surface area contributed by atoms with Crippen LogP contribution in [0.25, 0.3) is 0 Å². The first-order valence-electron chi connectivity index (χ1n) is 4.67. The number of hydrogen-bond acceptors (Lipinski definition) is 3. The number of hydrogen-bond donors (Lipinski definition) is 2. The highest BCUT2D eigenvalue weighted by Crippen LogP contribution is 2.25. The van der Waals surface area contributed by atoms with Crippen molar-refractivity contribution >= 4 is 50.2 Å². The van der Waals surface area contributed by atoms with Crippen LogP contribution in [0.3, 0.4) is 0 Å². The summed E-state index contributed by atoms with van der Waals surface area (Å²) in [5, 5.41) is 6.00. The summed E-state index contributed by atoms with van der Waals surface area (Å²) in [6, 6.07) is 7.50. The third-order valence-corrected chi connectivity index (χ3v) is 4.02. The molecule has 84 valence electrons. The van der Waals surface area contributed by atoms with Gasteiger partial charge >= 0.3 is 0 Å². The predicted octanol–water partition coefficient (Wildman–Crippen LogP) is 4.36. The summed E-state index contributed by atoms with van der Waals surface area (Å²) in [7, 11) is 0. The summed E-state index contributed by atoms with van der Waals surface area (Å²) in [5.74, 6) is 0. The molecule has 0 radical (unpaired) electrons. The van der Waals surface area contributed by atoms with E-state index >= 15 is 0 Å². The van der Waals surface area contributed by atoms with Crippen LogP contribution in [0.1, 0.15) is 4.88 Å². The number of anilines is 2. The third kappa shape index (κ3) is 2.90. The standard InChI is InChI=1S/C11H10BrClN2S/c12-7-3-9(16-6-7)5-15-11-4-8(13)1-2-10(11)14/h1-4,6,15H,5,14H2. The Kier molecular flexibility index (Phi) is 3.74. The van der Waals surface area contributed by atoms with E-state index in [4.69, 9.17) is 17.3 Å². The molecule has 1 aromatic carbocycles. The zero-order valence-electron chi connectivity index (χ0n) is 8.34. The van der Waals surface area contributed by atoms with E-state index in [9.17, 15) is 0 Å². The minimum absolute atomic E-state index is 0.684. The molecule has 0 aliphatic heterocycles. The van der Waals surface area contributed by atoms with E-state index in [0.717, 1.165) is 16.7 Å². The fraction of sp³-hybridized carbons (Fsp3) is 0.0909. The first-order valence-corrected chi connectivity index (χ1v) is 6.72. The molecule has 1 aromatic heterocycles. The molecule has 0 fully saturated rings. The minimum atomic E-state index is 0.684. The number of nitrogens with two attached hydrogens (primary N) is 1. The maximum absolute atomic E-state index is 5.90. The Morgan fingerprint density at radius 2 is 2.19 bits per heavy atom. The lowest BCUT2D eigenvalue weighted by Crippen LogP contribution is -2.00. The first-order chi connectivity index (χ1) is 7.65. The van der Waals surface area contributed by atoms with Crippen LogP contribution in [0, 0.1) is 0 Å². The molecule has 0 saturated carbocycles. The van der Waals surface area contributed by atoms with Crippen molar-refractivity contribution < 1.29 is 0 Å². The lowest BCUT2D eigenvalue weighted by atomic mass is 10.2. The zero-order valence-corrected chi connectivity index (χ0v) is 11.5. The van der Waals surface area contributed by atoms with E-state index in [1.165, 1.54) is 4.88 Å². The minimum Gasteiger partial charge on any atom is -0.397 e. The lowest BCUT2D eigenvalue weighted by Gasteiger charge is -2.08. The summed E-state index contributed by atoms with van der Waals surface area (Å²) in [6.45, 7) is 0.751. The van der Waals surface area contributed by atoms with Crippen molar-refractivity contribution in [3.63, 3.8) is 0 Å². The highest BCUT2D eigenvalue weighted by atomic mass is 79.9. The van der Waals surface area contributed by atoms with Crippen LogP contribution in [0.2, 0.25) is 5.02 Å². The number of thiophene rings is 1. The van der Waals surface area contributed by atoms with Crippen molar-refractivity contribution in [3.05, 3.63) is 44.0 Å². The third-order valence-electron chi connectivity index (χ3n) is 2.09. The van der Waals surface area contributed by atoms with Crippen LogP contribution < -0.4 is 11.1 Å². The second kappa shape index (κ2) is 5.08. The molecule has 0 saturated heterocycles. The van der Waals surface area contributed by atoms with Crippen LogP contribution >= 0.6 is 38.9 Å². The molecule has 5 heteroatoms. The Morgan fingerprint density at radius 3 is 2.88 bits per heavy atom. The maximum atomic E-state index is 5.90. The highest BCUT2D eigenvalue weighted by molar-refractivity contribution is 9.10. The van der Waals surface area contributed by atoms with Gasteiger partial charge < -0.3 is 11.1 Å². The lowest BCUT2D eigenvalue weighted by molar-refractivity contribution is 1.19. The van der Waals surface area contributed by atoms with E-state index in [-0.39, 0.29) is 0 Å². The molecule has 0 aliphatic carbocycles. The average Bonchev–Trinajstić information content (AvgIpc) is 2.66. The Labute approximate surface area is 112 Å². The molecule has 0 bridgehead atoms. The van der Waals surface area contributed by atoms with Crippen LogP contribution in [-0.4, -0.2) is 0 Å². The molecule has 1 heterocycles. The molecule has 3 N–H and O–H groups in total. The van der Waals surface area contributed by atoms with Gasteiger partial charge in [-0.2, -0.15) is 0 Å². The fourth-order valence-electron chi connectivity index (χ4n) is 1.31. The van der Waals surface area contributed by atoms with Gasteiger partial charge in [0.2, 0.25) is 0 Å². The van der Waals surface area contributed by atoms with E-state index in [1.54, 1.807) is 23.5 Å². The van der Waals surface area contributed by atoms with Crippen LogP contribution in [0.5, 0.6) is 0 Å². The molecule has 0 amide bonds. The van der Waals surface area contributed by atoms with Crippen LogP contribution in [-0.2, 0) is 6.54 Å². The van der Waals surface area contributed by atoms with E-state index in [1.807, 2.05) is 6.07 Å². The van der Waals surface area contributed by atoms with Crippen molar-refractivity contribution in [2.45, 2.75) is 6.54 Å². The van der Waals surface area contributed by atoms with Gasteiger partial charge in [-0.05, 0) is 40.2 Å². The Morgan fingerprint density at radius 1 is 1.38 bits per heavy atom. The van der Waals surface area contributed by atoms with Crippen molar-refractivity contribution in [2.24, 2.45) is 0 Å². The molecule has 0 atom stereocenters. The average molecular weight is 318 g/mol. The van der Waals surface area contributed by atoms with Crippen molar-refractivity contribution in [3.8, 4) is 0 Å². The van der Waals surface area contributed by atoms with Gasteiger partial charge in [0.1, 0.15) is 0 Å². The highest BCUT2D eigenvalue weighted by Gasteiger charge is 2.01. The fourth-order valence-corrected chi connectivity index (χ4v) is 2.87. The summed E-state index contributed by atoms with van der Waals surface area (Å²) < 4.78 is 1.10. The molecule has 0 spiro atoms. The quantitative estimate of drug-likeness (QED) is 0.826. The van der Waals surface area contributed by atoms with Crippen LogP contribution in [0.4, 0.5) is 11.4 Å². The Hall–Kier alpha value is -0.710. The van der Waals surface area contributed by atoms with Crippen molar-refractivity contribution in [2.75, 3.05) is 11.1 Å². The maximum Gasteiger partial charge on any atom is 0.0591 e. The second-order valence-electron chi connectivity index (χ2n) is 3.32. The Bertz CT molecular complexity index is 498. The molecule has 2 rings (SSSR count). The summed E-state index contributed by atoms with van der Waals surface area (Å²) in [5.41, 5.74) is 7.41. The van der Waals surface area contributed by atoms with Gasteiger partial charge in [-0.3, -0.25) is 0 Å². The molecule has 16 heavy (non-hydrogen) atoms. The monoisotopic (exact) mass is 316 g/mol. The van der Waals surface area contributed by atoms with Crippen LogP contribution in [0.15, 0.2) is 34.1 Å². The van der Waals surface area contributed by atoms with Crippen molar-refractivity contribution in [1.29, 1.82) is 0 Å². The number of nitrogens with one attached hydrogen (secondary N) is 1. The zero-order chi connectivity index (χ0) is 11.5. The smallest absolute Gasteiger partial charge is 0.0591 e. The van der Waals surface area contributed by atoms with Gasteiger partial charge in [0.15, 0.2) is 0 Å². The molecule has 2 nitrogen and oxygen atoms in total. The van der Waals surface area contributed by atoms with E-state index < -0.39 is 0 Å². The SMILES string of the molecule is Nc1ccc(Cl)cc1NCc1cc(Br)cs1. The Balaban J connectivity index is 2.07. The summed E-state index contributed by atoms with van der Waals surface area (Å²) in [6.07, 6.45) is 0. The number of rotatable bonds is 3. The van der Waals surface area contributed by atoms with Gasteiger partial charge in [0.05, 0.1) is 11.4 Å². The largest absolute Gasteiger partial charge is 0.397 e. The van der Waals surface area contributed by atoms with Crippen molar-refractivity contribution in [1.82, 2.24) is 0 Å². The van der Waals surface area contributed by atoms with Gasteiger partial charge in [0, 0.05) is 26.3 Å². The number of benzene rings is 1. The second-order valence-corrected chi connectivity index (χ2v) is 5.66. The van der Waals surface area contributed by atoms with E-state index in [0.29, 0.717) is 10.7 Å². The molecule has 0 unspecified atom stereocenters. The van der Waals surface area contributed by atoms with Gasteiger partial charge in [-0.15, -0.1) is 11.3 Å². The molecule has 2 aromatic rings. The number of halogens is 2. The van der Waals surface area contributed by atoms with E-state index in [2.05, 4.69) is 32.7 Å². The molecular weight excluding hydrogens is 308 g/mol. The summed E-state index contributed by atoms with van der Waals surface area (Å²) in [4.78, 5) is 1.24. The number of nitrogen functional groups attached to an aromatic ring is 1. The molecular formula is C11H10BrClN2S. The van der Waals surface area contributed by atoms with Gasteiger partial charge in [-0.25, -0.2) is 0 Å². The summed E-state index contributed by atoms with van der Waals surface area (Å²) >= 11 is 11.0.